The second-order valence-corrected chi connectivity index (χ2v) is 6.06. The number of carbonyl (C=O) groups excluding carboxylic acids is 1. The lowest BCUT2D eigenvalue weighted by Crippen LogP contribution is -2.25. The van der Waals surface area contributed by atoms with Crippen molar-refractivity contribution in [2.45, 2.75) is 18.4 Å². The van der Waals surface area contributed by atoms with Gasteiger partial charge in [0.2, 0.25) is 0 Å². The molecule has 0 aromatic heterocycles. The number of halogens is 2. The third-order valence-electron chi connectivity index (χ3n) is 3.12. The number of hydrogen-bond acceptors (Lipinski definition) is 4. The number of thioether (sulfide) groups is 1. The normalized spacial score (nSPS) is 10.6. The average Bonchev–Trinajstić information content (AvgIpc) is 2.61. The third kappa shape index (κ3) is 6.26. The minimum absolute atomic E-state index is 0.0898. The number of ether oxygens (including phenoxy) is 2. The van der Waals surface area contributed by atoms with Crippen LogP contribution in [0.1, 0.15) is 17.3 Å². The second kappa shape index (κ2) is 9.88. The summed E-state index contributed by atoms with van der Waals surface area (Å²) < 4.78 is 34.4. The first-order valence-electron chi connectivity index (χ1n) is 7.78. The highest BCUT2D eigenvalue weighted by Crippen LogP contribution is 2.29. The van der Waals surface area contributed by atoms with E-state index in [1.54, 1.807) is 18.7 Å². The Morgan fingerprint density at radius 1 is 1.16 bits per heavy atom. The molecule has 25 heavy (non-hydrogen) atoms. The monoisotopic (exact) mass is 367 g/mol. The van der Waals surface area contributed by atoms with E-state index in [0.717, 1.165) is 10.6 Å². The van der Waals surface area contributed by atoms with Gasteiger partial charge >= 0.3 is 6.61 Å². The van der Waals surface area contributed by atoms with Crippen molar-refractivity contribution in [2.24, 2.45) is 0 Å². The van der Waals surface area contributed by atoms with E-state index in [9.17, 15) is 13.6 Å². The quantitative estimate of drug-likeness (QED) is 0.533. The highest BCUT2D eigenvalue weighted by molar-refractivity contribution is 7.99. The first kappa shape index (κ1) is 19.1. The lowest BCUT2D eigenvalue weighted by molar-refractivity contribution is -0.0514. The highest BCUT2D eigenvalue weighted by atomic mass is 32.2. The first-order chi connectivity index (χ1) is 12.1. The number of benzene rings is 2. The molecule has 0 aliphatic heterocycles. The van der Waals surface area contributed by atoms with E-state index < -0.39 is 6.61 Å². The van der Waals surface area contributed by atoms with Crippen molar-refractivity contribution in [3.8, 4) is 11.5 Å². The summed E-state index contributed by atoms with van der Waals surface area (Å²) in [5.41, 5.74) is 0.328. The number of amides is 1. The maximum absolute atomic E-state index is 12.4. The van der Waals surface area contributed by atoms with Crippen molar-refractivity contribution in [2.75, 3.05) is 18.9 Å². The Bertz CT molecular complexity index is 683. The number of hydrogen-bond donors (Lipinski definition) is 1. The van der Waals surface area contributed by atoms with Gasteiger partial charge in [-0.3, -0.25) is 4.79 Å². The molecule has 134 valence electrons. The van der Waals surface area contributed by atoms with Gasteiger partial charge in [-0.25, -0.2) is 0 Å². The lowest BCUT2D eigenvalue weighted by Gasteiger charge is -2.12. The van der Waals surface area contributed by atoms with Crippen LogP contribution in [0.4, 0.5) is 8.78 Å². The van der Waals surface area contributed by atoms with Gasteiger partial charge in [-0.05, 0) is 37.3 Å². The zero-order valence-corrected chi connectivity index (χ0v) is 14.5. The smallest absolute Gasteiger partial charge is 0.387 e. The lowest BCUT2D eigenvalue weighted by atomic mass is 10.2. The van der Waals surface area contributed by atoms with Crippen LogP contribution in [-0.2, 0) is 0 Å². The summed E-state index contributed by atoms with van der Waals surface area (Å²) in [6.07, 6.45) is 0. The van der Waals surface area contributed by atoms with Gasteiger partial charge in [0, 0.05) is 22.8 Å². The molecule has 2 aromatic rings. The van der Waals surface area contributed by atoms with Crippen molar-refractivity contribution in [1.29, 1.82) is 0 Å². The number of nitrogens with one attached hydrogen (secondary N) is 1. The maximum atomic E-state index is 12.4. The van der Waals surface area contributed by atoms with Gasteiger partial charge in [0.25, 0.3) is 5.91 Å². The van der Waals surface area contributed by atoms with Gasteiger partial charge in [0.15, 0.2) is 11.5 Å². The van der Waals surface area contributed by atoms with E-state index >= 15 is 0 Å². The van der Waals surface area contributed by atoms with Crippen LogP contribution in [0.5, 0.6) is 11.5 Å². The Kier molecular flexibility index (Phi) is 7.53. The molecule has 0 heterocycles. The van der Waals surface area contributed by atoms with E-state index in [1.807, 2.05) is 30.3 Å². The topological polar surface area (TPSA) is 47.6 Å². The van der Waals surface area contributed by atoms with Gasteiger partial charge in [-0.15, -0.1) is 11.8 Å². The van der Waals surface area contributed by atoms with Crippen LogP contribution in [0.25, 0.3) is 0 Å². The number of alkyl halides is 2. The molecule has 0 atom stereocenters. The molecule has 2 rings (SSSR count). The molecule has 0 aliphatic carbocycles. The standard InChI is InChI=1S/C18H19F2NO3S/c1-2-23-16-12-13(8-9-15(16)24-18(19)20)17(22)21-10-11-25-14-6-4-3-5-7-14/h3-9,12,18H,2,10-11H2,1H3,(H,21,22). The zero-order chi connectivity index (χ0) is 18.1. The molecule has 0 spiro atoms. The molecule has 0 saturated heterocycles. The Hall–Kier alpha value is -2.28. The Balaban J connectivity index is 1.90. The minimum atomic E-state index is -2.95. The van der Waals surface area contributed by atoms with Crippen LogP contribution < -0.4 is 14.8 Å². The number of rotatable bonds is 9. The molecule has 7 heteroatoms. The molecule has 4 nitrogen and oxygen atoms in total. The maximum Gasteiger partial charge on any atom is 0.387 e. The number of carbonyl (C=O) groups is 1. The fourth-order valence-corrected chi connectivity index (χ4v) is 2.85. The summed E-state index contributed by atoms with van der Waals surface area (Å²) in [5, 5.41) is 2.79. The summed E-state index contributed by atoms with van der Waals surface area (Å²) in [4.78, 5) is 13.3. The largest absolute Gasteiger partial charge is 0.490 e. The molecular weight excluding hydrogens is 348 g/mol. The predicted molar refractivity (Wildman–Crippen MR) is 93.7 cm³/mol. The fraction of sp³-hybridized carbons (Fsp3) is 0.278. The first-order valence-corrected chi connectivity index (χ1v) is 8.76. The Morgan fingerprint density at radius 3 is 2.60 bits per heavy atom. The SMILES string of the molecule is CCOc1cc(C(=O)NCCSc2ccccc2)ccc1OC(F)F. The summed E-state index contributed by atoms with van der Waals surface area (Å²) in [6.45, 7) is -0.468. The van der Waals surface area contributed by atoms with Crippen LogP contribution in [-0.4, -0.2) is 31.4 Å². The second-order valence-electron chi connectivity index (χ2n) is 4.89. The van der Waals surface area contributed by atoms with Gasteiger partial charge in [0.1, 0.15) is 0 Å². The molecule has 0 aliphatic rings. The summed E-state index contributed by atoms with van der Waals surface area (Å²) in [5.74, 6) is 0.459. The molecule has 0 bridgehead atoms. The highest BCUT2D eigenvalue weighted by Gasteiger charge is 2.14. The molecular formula is C18H19F2NO3S. The minimum Gasteiger partial charge on any atom is -0.490 e. The summed E-state index contributed by atoms with van der Waals surface area (Å²) >= 11 is 1.64. The van der Waals surface area contributed by atoms with E-state index in [0.29, 0.717) is 12.1 Å². The Morgan fingerprint density at radius 2 is 1.92 bits per heavy atom. The molecule has 0 radical (unpaired) electrons. The van der Waals surface area contributed by atoms with Crippen LogP contribution in [0.3, 0.4) is 0 Å². The van der Waals surface area contributed by atoms with Gasteiger partial charge in [-0.1, -0.05) is 18.2 Å². The van der Waals surface area contributed by atoms with Crippen LogP contribution in [0.15, 0.2) is 53.4 Å². The van der Waals surface area contributed by atoms with Crippen molar-refractivity contribution in [1.82, 2.24) is 5.32 Å². The van der Waals surface area contributed by atoms with E-state index in [2.05, 4.69) is 10.1 Å². The van der Waals surface area contributed by atoms with Crippen molar-refractivity contribution >= 4 is 17.7 Å². The summed E-state index contributed by atoms with van der Waals surface area (Å²) in [6, 6.07) is 14.0. The molecule has 0 unspecified atom stereocenters. The van der Waals surface area contributed by atoms with Crippen LogP contribution >= 0.6 is 11.8 Å². The molecule has 0 saturated carbocycles. The third-order valence-corrected chi connectivity index (χ3v) is 4.14. The van der Waals surface area contributed by atoms with Crippen molar-refractivity contribution in [3.63, 3.8) is 0 Å². The molecule has 2 aromatic carbocycles. The zero-order valence-electron chi connectivity index (χ0n) is 13.7. The van der Waals surface area contributed by atoms with E-state index in [4.69, 9.17) is 4.74 Å². The predicted octanol–water partition coefficient (Wildman–Crippen LogP) is 4.21. The molecule has 1 amide bonds. The van der Waals surface area contributed by atoms with Gasteiger partial charge < -0.3 is 14.8 Å². The molecule has 0 fully saturated rings. The van der Waals surface area contributed by atoms with Crippen molar-refractivity contribution < 1.29 is 23.0 Å². The van der Waals surface area contributed by atoms with Gasteiger partial charge in [0.05, 0.1) is 6.61 Å². The van der Waals surface area contributed by atoms with Crippen LogP contribution in [0.2, 0.25) is 0 Å². The molecule has 1 N–H and O–H groups in total. The van der Waals surface area contributed by atoms with E-state index in [1.165, 1.54) is 18.2 Å². The Labute approximate surface area is 149 Å². The average molecular weight is 367 g/mol. The fourth-order valence-electron chi connectivity index (χ4n) is 2.06. The summed E-state index contributed by atoms with van der Waals surface area (Å²) in [7, 11) is 0. The van der Waals surface area contributed by atoms with Gasteiger partial charge in [-0.2, -0.15) is 8.78 Å². The van der Waals surface area contributed by atoms with Crippen molar-refractivity contribution in [3.05, 3.63) is 54.1 Å². The van der Waals surface area contributed by atoms with E-state index in [-0.39, 0.29) is 24.0 Å². The van der Waals surface area contributed by atoms with Crippen LogP contribution in [0, 0.1) is 0 Å².